The molecule has 1 atom stereocenters. The predicted octanol–water partition coefficient (Wildman–Crippen LogP) is 3.70. The molecule has 1 aromatic carbocycles. The molecule has 1 aliphatic rings. The second kappa shape index (κ2) is 6.66. The fourth-order valence-electron chi connectivity index (χ4n) is 2.09. The fourth-order valence-corrected chi connectivity index (χ4v) is 3.10. The first-order valence-electron chi connectivity index (χ1n) is 6.16. The van der Waals surface area contributed by atoms with Crippen molar-refractivity contribution in [2.45, 2.75) is 12.2 Å². The Balaban J connectivity index is 2.31. The van der Waals surface area contributed by atoms with Crippen molar-refractivity contribution in [3.8, 4) is 0 Å². The van der Waals surface area contributed by atoms with Gasteiger partial charge in [0.05, 0.1) is 24.8 Å². The van der Waals surface area contributed by atoms with E-state index in [9.17, 15) is 18.0 Å². The number of ether oxygens (including phenoxy) is 1. The van der Waals surface area contributed by atoms with Crippen LogP contribution in [-0.2, 0) is 10.9 Å². The Bertz CT molecular complexity index is 537. The lowest BCUT2D eigenvalue weighted by atomic mass is 10.1. The summed E-state index contributed by atoms with van der Waals surface area (Å²) in [5.74, 6) is -0.416. The van der Waals surface area contributed by atoms with E-state index < -0.39 is 17.6 Å². The molecule has 0 radical (unpaired) electrons. The highest BCUT2D eigenvalue weighted by Crippen LogP contribution is 2.35. The molecule has 1 aromatic rings. The number of carbonyl (C=O) groups excluding carboxylic acids is 1. The molecule has 1 fully saturated rings. The van der Waals surface area contributed by atoms with Gasteiger partial charge in [-0.2, -0.15) is 13.2 Å². The van der Waals surface area contributed by atoms with Gasteiger partial charge in [0.15, 0.2) is 0 Å². The molecule has 1 saturated heterocycles. The molecule has 116 valence electrons. The summed E-state index contributed by atoms with van der Waals surface area (Å²) in [6, 6.07) is 3.35. The van der Waals surface area contributed by atoms with Crippen LogP contribution in [0.5, 0.6) is 0 Å². The summed E-state index contributed by atoms with van der Waals surface area (Å²) >= 11 is 6.15. The quantitative estimate of drug-likeness (QED) is 0.669. The largest absolute Gasteiger partial charge is 0.417 e. The average Bonchev–Trinajstić information content (AvgIpc) is 2.45. The van der Waals surface area contributed by atoms with Gasteiger partial charge in [-0.3, -0.25) is 4.79 Å². The number of hydrogen-bond donors (Lipinski definition) is 0. The Morgan fingerprint density at radius 2 is 2.14 bits per heavy atom. The highest BCUT2D eigenvalue weighted by Gasteiger charge is 2.35. The van der Waals surface area contributed by atoms with Crippen LogP contribution in [0.2, 0.25) is 0 Å². The number of halogens is 5. The lowest BCUT2D eigenvalue weighted by molar-refractivity contribution is -0.138. The zero-order chi connectivity index (χ0) is 15.6. The molecule has 8 heteroatoms. The third-order valence-electron chi connectivity index (χ3n) is 3.19. The summed E-state index contributed by atoms with van der Waals surface area (Å²) in [5, 5.41) is 0.515. The molecule has 0 N–H and O–H groups in total. The zero-order valence-electron chi connectivity index (χ0n) is 10.8. The van der Waals surface area contributed by atoms with Gasteiger partial charge in [0, 0.05) is 21.9 Å². The minimum atomic E-state index is -4.51. The third-order valence-corrected chi connectivity index (χ3v) is 4.62. The fraction of sp³-hybridized carbons (Fsp3) is 0.462. The molecule has 0 spiro atoms. The van der Waals surface area contributed by atoms with E-state index in [1.807, 2.05) is 0 Å². The second-order valence-corrected chi connectivity index (χ2v) is 6.08. The van der Waals surface area contributed by atoms with Gasteiger partial charge in [0.1, 0.15) is 0 Å². The van der Waals surface area contributed by atoms with Crippen LogP contribution in [0, 0.1) is 0 Å². The number of benzene rings is 1. The van der Waals surface area contributed by atoms with Crippen molar-refractivity contribution >= 4 is 37.8 Å². The van der Waals surface area contributed by atoms with Crippen molar-refractivity contribution in [1.82, 2.24) is 4.90 Å². The van der Waals surface area contributed by atoms with E-state index in [0.29, 0.717) is 25.1 Å². The maximum absolute atomic E-state index is 12.9. The van der Waals surface area contributed by atoms with Gasteiger partial charge in [-0.05, 0) is 18.2 Å². The van der Waals surface area contributed by atoms with Crippen LogP contribution in [0.25, 0.3) is 0 Å². The number of alkyl halides is 4. The van der Waals surface area contributed by atoms with Gasteiger partial charge in [-0.1, -0.05) is 31.9 Å². The normalized spacial score (nSPS) is 19.7. The predicted molar refractivity (Wildman–Crippen MR) is 78.6 cm³/mol. The smallest absolute Gasteiger partial charge is 0.377 e. The lowest BCUT2D eigenvalue weighted by Gasteiger charge is -2.34. The molecule has 0 saturated carbocycles. The number of amides is 1. The first-order valence-corrected chi connectivity index (χ1v) is 8.07. The van der Waals surface area contributed by atoms with Gasteiger partial charge >= 0.3 is 6.18 Å². The van der Waals surface area contributed by atoms with Crippen molar-refractivity contribution in [1.29, 1.82) is 0 Å². The molecule has 1 heterocycles. The highest BCUT2D eigenvalue weighted by molar-refractivity contribution is 9.10. The van der Waals surface area contributed by atoms with E-state index in [1.165, 1.54) is 12.1 Å². The van der Waals surface area contributed by atoms with E-state index in [0.717, 1.165) is 6.07 Å². The van der Waals surface area contributed by atoms with E-state index in [1.54, 1.807) is 4.90 Å². The van der Waals surface area contributed by atoms with E-state index in [4.69, 9.17) is 4.74 Å². The molecule has 1 amide bonds. The van der Waals surface area contributed by atoms with Crippen molar-refractivity contribution in [3.63, 3.8) is 0 Å². The number of rotatable bonds is 2. The van der Waals surface area contributed by atoms with Gasteiger partial charge in [0.25, 0.3) is 5.91 Å². The molecule has 0 aromatic heterocycles. The van der Waals surface area contributed by atoms with Crippen LogP contribution in [0.1, 0.15) is 15.9 Å². The van der Waals surface area contributed by atoms with Gasteiger partial charge in [-0.25, -0.2) is 0 Å². The van der Waals surface area contributed by atoms with Crippen molar-refractivity contribution < 1.29 is 22.7 Å². The van der Waals surface area contributed by atoms with E-state index in [2.05, 4.69) is 31.9 Å². The van der Waals surface area contributed by atoms with E-state index in [-0.39, 0.29) is 16.1 Å². The molecule has 3 nitrogen and oxygen atoms in total. The maximum atomic E-state index is 12.9. The average molecular weight is 431 g/mol. The number of hydrogen-bond acceptors (Lipinski definition) is 2. The number of nitrogens with zero attached hydrogens (tertiary/aromatic N) is 1. The van der Waals surface area contributed by atoms with Crippen LogP contribution in [0.4, 0.5) is 13.2 Å². The summed E-state index contributed by atoms with van der Waals surface area (Å²) in [4.78, 5) is 14.0. The Hall–Kier alpha value is -0.600. The molecule has 1 aliphatic heterocycles. The van der Waals surface area contributed by atoms with Crippen LogP contribution < -0.4 is 0 Å². The second-order valence-electron chi connectivity index (χ2n) is 4.57. The summed E-state index contributed by atoms with van der Waals surface area (Å²) in [5.41, 5.74) is -0.824. The maximum Gasteiger partial charge on any atom is 0.417 e. The highest BCUT2D eigenvalue weighted by atomic mass is 79.9. The van der Waals surface area contributed by atoms with Gasteiger partial charge < -0.3 is 9.64 Å². The van der Waals surface area contributed by atoms with Crippen LogP contribution in [0.15, 0.2) is 22.7 Å². The molecule has 1 unspecified atom stereocenters. The number of morpholine rings is 1. The SMILES string of the molecule is O=C(c1ccc(Br)c(C(F)(F)F)c1)N1CCOCC1CBr. The molecule has 0 aliphatic carbocycles. The van der Waals surface area contributed by atoms with Crippen molar-refractivity contribution in [2.24, 2.45) is 0 Å². The van der Waals surface area contributed by atoms with Crippen molar-refractivity contribution in [2.75, 3.05) is 25.1 Å². The summed E-state index contributed by atoms with van der Waals surface area (Å²) in [7, 11) is 0. The molecular formula is C13H12Br2F3NO2. The Kier molecular flexibility index (Phi) is 5.32. The lowest BCUT2D eigenvalue weighted by Crippen LogP contribution is -2.49. The van der Waals surface area contributed by atoms with Gasteiger partial charge in [0.2, 0.25) is 0 Å². The van der Waals surface area contributed by atoms with Crippen LogP contribution >= 0.6 is 31.9 Å². The third kappa shape index (κ3) is 3.78. The Morgan fingerprint density at radius 3 is 2.76 bits per heavy atom. The molecule has 0 bridgehead atoms. The molecule has 21 heavy (non-hydrogen) atoms. The topological polar surface area (TPSA) is 29.5 Å². The standard InChI is InChI=1S/C13H12Br2F3NO2/c14-6-9-7-21-4-3-19(9)12(20)8-1-2-11(15)10(5-8)13(16,17)18/h1-2,5,9H,3-4,6-7H2. The molecule has 2 rings (SSSR count). The van der Waals surface area contributed by atoms with Crippen molar-refractivity contribution in [3.05, 3.63) is 33.8 Å². The van der Waals surface area contributed by atoms with Gasteiger partial charge in [-0.15, -0.1) is 0 Å². The summed E-state index contributed by atoms with van der Waals surface area (Å²) < 4.78 is 43.9. The number of carbonyl (C=O) groups is 1. The summed E-state index contributed by atoms with van der Waals surface area (Å²) in [6.07, 6.45) is -4.51. The minimum Gasteiger partial charge on any atom is -0.377 e. The summed E-state index contributed by atoms with van der Waals surface area (Å²) in [6.45, 7) is 1.13. The molecular weight excluding hydrogens is 419 g/mol. The van der Waals surface area contributed by atoms with E-state index >= 15 is 0 Å². The monoisotopic (exact) mass is 429 g/mol. The Morgan fingerprint density at radius 1 is 1.43 bits per heavy atom. The zero-order valence-corrected chi connectivity index (χ0v) is 14.0. The van der Waals surface area contributed by atoms with Crippen LogP contribution in [0.3, 0.4) is 0 Å². The Labute approximate surface area is 136 Å². The first kappa shape index (κ1) is 16.8. The van der Waals surface area contributed by atoms with Crippen LogP contribution in [-0.4, -0.2) is 41.9 Å². The minimum absolute atomic E-state index is 0.0263. The first-order chi connectivity index (χ1) is 9.84.